The Balaban J connectivity index is 0.000000213. The lowest BCUT2D eigenvalue weighted by molar-refractivity contribution is -0.119. The van der Waals surface area contributed by atoms with Crippen molar-refractivity contribution < 1.29 is 53.4 Å². The lowest BCUT2D eigenvalue weighted by Crippen LogP contribution is -2.34. The number of carbonyl (C=O) groups excluding carboxylic acids is 4. The smallest absolute Gasteiger partial charge is 0.388 e. The topological polar surface area (TPSA) is 284 Å². The third kappa shape index (κ3) is 13.4. The van der Waals surface area contributed by atoms with Crippen molar-refractivity contribution in [1.29, 1.82) is 0 Å². The average Bonchev–Trinajstić information content (AvgIpc) is 4.44. The zero-order valence-electron chi connectivity index (χ0n) is 48.7. The van der Waals surface area contributed by atoms with Gasteiger partial charge in [-0.3, -0.25) is 29.4 Å². The minimum absolute atomic E-state index is 0.0623. The van der Waals surface area contributed by atoms with Crippen molar-refractivity contribution in [3.8, 4) is 11.8 Å². The van der Waals surface area contributed by atoms with Gasteiger partial charge in [-0.05, 0) is 60.4 Å². The van der Waals surface area contributed by atoms with E-state index in [4.69, 9.17) is 18.9 Å². The number of ether oxygens (including phenoxy) is 4. The fourth-order valence-corrected chi connectivity index (χ4v) is 9.48. The highest BCUT2D eigenvalue weighted by Crippen LogP contribution is 2.40. The Labute approximate surface area is 486 Å². The standard InChI is InChI=1S/C30H34N6O5.C29H32N6O6.C2H6/c1-17(2)24-19(5)23(37)28(40-24)35-16-31-22-25(35)32-29(33-26(38)18(3)4)34-27(22)41-30(39)36(20-12-8-6-9-13-20)21-14-10-7-11-15-21;1-16(2)23-21(36)22(37)27(40-23)34-15-30-20-24(34)31-28(32-25(38)17(3)4)33-26(20)41-29(39)35(18-11-7-5-8-12-18)19-13-9-6-10-14-19;1-2/h6-19,23-24,28,37H,1-5H3,(H,32,33,34,38);5-17,21-23,27,36-37H,1-4H3,(H,31,32,33,38);1-2H3/t19-,23?,24-,28-;21-,22?,23-,27-;/m11./s1. The SMILES string of the molecule is CC.CC(C)C(=O)Nc1nc(OC(=O)N(c2ccccc2)c2ccccc2)c2ncn([C@@H]3O[C@H](C(C)C)[C@H](C)C3O)c2n1.CC(C)C(=O)Nc1nc(OC(=O)N(c2ccccc2)c2ccccc2)c2ncn([C@@H]3O[C@H](C(C)C)[C@H](O)C3O)c2n1. The van der Waals surface area contributed by atoms with Crippen LogP contribution in [-0.2, 0) is 19.1 Å². The van der Waals surface area contributed by atoms with Crippen molar-refractivity contribution in [3.63, 3.8) is 0 Å². The fourth-order valence-electron chi connectivity index (χ4n) is 9.48. The second-order valence-electron chi connectivity index (χ2n) is 21.2. The molecule has 0 saturated carbocycles. The first-order chi connectivity index (χ1) is 40.3. The van der Waals surface area contributed by atoms with E-state index in [1.807, 2.05) is 97.0 Å². The second kappa shape index (κ2) is 27.1. The highest BCUT2D eigenvalue weighted by Gasteiger charge is 2.46. The Bertz CT molecular complexity index is 3200. The maximum absolute atomic E-state index is 13.7. The molecular weight excluding hydrogens is 1080 g/mol. The zero-order valence-corrected chi connectivity index (χ0v) is 48.7. The van der Waals surface area contributed by atoms with E-state index in [9.17, 15) is 34.5 Å². The minimum Gasteiger partial charge on any atom is -0.388 e. The second-order valence-corrected chi connectivity index (χ2v) is 21.2. The number of aliphatic hydroxyl groups is 3. The molecule has 84 heavy (non-hydrogen) atoms. The van der Waals surface area contributed by atoms with Gasteiger partial charge in [0.05, 0.1) is 47.6 Å². The first kappa shape index (κ1) is 61.3. The number of para-hydroxylation sites is 4. The number of rotatable bonds is 14. The molecule has 23 nitrogen and oxygen atoms in total. The highest BCUT2D eigenvalue weighted by atomic mass is 16.6. The Morgan fingerprint density at radius 1 is 0.500 bits per heavy atom. The summed E-state index contributed by atoms with van der Waals surface area (Å²) in [5, 5.41) is 37.8. The van der Waals surface area contributed by atoms with Gasteiger partial charge in [0.15, 0.2) is 34.8 Å². The van der Waals surface area contributed by atoms with Gasteiger partial charge in [-0.15, -0.1) is 0 Å². The van der Waals surface area contributed by atoms with Crippen molar-refractivity contribution >= 4 is 81.0 Å². The number of anilines is 6. The summed E-state index contributed by atoms with van der Waals surface area (Å²) in [6, 6.07) is 36.1. The number of nitrogens with one attached hydrogen (secondary N) is 2. The molecule has 2 unspecified atom stereocenters. The van der Waals surface area contributed by atoms with E-state index in [1.54, 1.807) is 105 Å². The summed E-state index contributed by atoms with van der Waals surface area (Å²) in [7, 11) is 0. The number of carbonyl (C=O) groups is 4. The summed E-state index contributed by atoms with van der Waals surface area (Å²) in [6.07, 6.45) is -4.53. The monoisotopic (exact) mass is 1150 g/mol. The molecule has 442 valence electrons. The fraction of sp³-hybridized carbons (Fsp3) is 0.377. The lowest BCUT2D eigenvalue weighted by atomic mass is 9.93. The summed E-state index contributed by atoms with van der Waals surface area (Å²) in [5.41, 5.74) is 2.95. The van der Waals surface area contributed by atoms with Crippen LogP contribution in [0.5, 0.6) is 11.8 Å². The molecule has 6 heterocycles. The van der Waals surface area contributed by atoms with Gasteiger partial charge in [0.2, 0.25) is 23.7 Å². The van der Waals surface area contributed by atoms with Gasteiger partial charge in [0, 0.05) is 17.8 Å². The van der Waals surface area contributed by atoms with Gasteiger partial charge in [-0.1, -0.05) is 149 Å². The van der Waals surface area contributed by atoms with Crippen molar-refractivity contribution in [3.05, 3.63) is 134 Å². The Kier molecular flexibility index (Phi) is 19.8. The van der Waals surface area contributed by atoms with Crippen LogP contribution in [0.1, 0.15) is 88.6 Å². The molecule has 2 saturated heterocycles. The maximum Gasteiger partial charge on any atom is 0.425 e. The highest BCUT2D eigenvalue weighted by molar-refractivity contribution is 6.00. The zero-order chi connectivity index (χ0) is 60.5. The summed E-state index contributed by atoms with van der Waals surface area (Å²) in [4.78, 5) is 81.7. The number of hydrogen-bond donors (Lipinski definition) is 5. The van der Waals surface area contributed by atoms with Gasteiger partial charge >= 0.3 is 12.2 Å². The van der Waals surface area contributed by atoms with Crippen LogP contribution in [0.3, 0.4) is 0 Å². The van der Waals surface area contributed by atoms with Gasteiger partial charge in [0.1, 0.15) is 18.3 Å². The van der Waals surface area contributed by atoms with Gasteiger partial charge in [0.25, 0.3) is 11.8 Å². The van der Waals surface area contributed by atoms with Crippen LogP contribution < -0.4 is 29.9 Å². The number of hydrogen-bond acceptors (Lipinski definition) is 17. The molecule has 4 aromatic carbocycles. The first-order valence-corrected chi connectivity index (χ1v) is 28.0. The lowest BCUT2D eigenvalue weighted by Gasteiger charge is -2.22. The Morgan fingerprint density at radius 3 is 1.14 bits per heavy atom. The predicted molar refractivity (Wildman–Crippen MR) is 316 cm³/mol. The number of imidazole rings is 2. The van der Waals surface area contributed by atoms with E-state index >= 15 is 0 Å². The Hall–Kier alpha value is -8.74. The third-order valence-corrected chi connectivity index (χ3v) is 13.9. The van der Waals surface area contributed by atoms with Crippen LogP contribution in [0.4, 0.5) is 44.2 Å². The minimum atomic E-state index is -1.28. The molecule has 23 heteroatoms. The maximum atomic E-state index is 13.7. The summed E-state index contributed by atoms with van der Waals surface area (Å²) >= 11 is 0. The van der Waals surface area contributed by atoms with E-state index in [1.165, 1.54) is 27.0 Å². The van der Waals surface area contributed by atoms with Crippen LogP contribution in [-0.4, -0.2) is 109 Å². The molecule has 0 spiro atoms. The average molecular weight is 1150 g/mol. The van der Waals surface area contributed by atoms with E-state index < -0.39 is 49.1 Å². The number of amides is 4. The van der Waals surface area contributed by atoms with Gasteiger partial charge in [-0.25, -0.2) is 29.4 Å². The molecule has 10 rings (SSSR count). The number of benzene rings is 4. The van der Waals surface area contributed by atoms with Crippen LogP contribution in [0.25, 0.3) is 22.3 Å². The molecule has 8 aromatic rings. The van der Waals surface area contributed by atoms with Crippen molar-refractivity contribution in [2.45, 2.75) is 119 Å². The summed E-state index contributed by atoms with van der Waals surface area (Å²) in [5.74, 6) is -1.96. The van der Waals surface area contributed by atoms with Crippen molar-refractivity contribution in [2.75, 3.05) is 20.4 Å². The molecule has 4 aromatic heterocycles. The molecule has 8 atom stereocenters. The van der Waals surface area contributed by atoms with Crippen LogP contribution in [0.2, 0.25) is 0 Å². The Morgan fingerprint density at radius 2 is 0.833 bits per heavy atom. The van der Waals surface area contributed by atoms with Crippen LogP contribution in [0, 0.1) is 29.6 Å². The van der Waals surface area contributed by atoms with E-state index in [0.29, 0.717) is 22.7 Å². The molecular formula is C61H72N12O11. The third-order valence-electron chi connectivity index (χ3n) is 13.9. The number of fused-ring (bicyclic) bond motifs is 2. The predicted octanol–water partition coefficient (Wildman–Crippen LogP) is 10.4. The molecule has 2 aliphatic heterocycles. The van der Waals surface area contributed by atoms with Crippen molar-refractivity contribution in [2.24, 2.45) is 29.6 Å². The van der Waals surface area contributed by atoms with E-state index in [2.05, 4.69) is 40.5 Å². The molecule has 2 fully saturated rings. The van der Waals surface area contributed by atoms with Gasteiger partial charge in [-0.2, -0.15) is 19.9 Å². The molecule has 5 N–H and O–H groups in total. The normalized spacial score (nSPS) is 20.1. The quantitative estimate of drug-likeness (QED) is 0.0676. The first-order valence-electron chi connectivity index (χ1n) is 28.0. The number of aromatic nitrogens is 8. The van der Waals surface area contributed by atoms with E-state index in [0.717, 1.165) is 0 Å². The largest absolute Gasteiger partial charge is 0.425 e. The molecule has 0 aliphatic carbocycles. The van der Waals surface area contributed by atoms with Crippen molar-refractivity contribution in [1.82, 2.24) is 39.0 Å². The number of aliphatic hydroxyl groups excluding tert-OH is 3. The molecule has 0 bridgehead atoms. The van der Waals surface area contributed by atoms with Crippen LogP contribution >= 0.6 is 0 Å². The molecule has 4 amide bonds. The van der Waals surface area contributed by atoms with Gasteiger partial charge < -0.3 is 34.3 Å². The summed E-state index contributed by atoms with van der Waals surface area (Å²) in [6.45, 7) is 20.7. The molecule has 2 aliphatic rings. The summed E-state index contributed by atoms with van der Waals surface area (Å²) < 4.78 is 27.0. The van der Waals surface area contributed by atoms with Crippen LogP contribution in [0.15, 0.2) is 134 Å². The molecule has 0 radical (unpaired) electrons. The number of nitrogens with zero attached hydrogens (tertiary/aromatic N) is 10. The van der Waals surface area contributed by atoms with E-state index in [-0.39, 0.29) is 93.5 Å².